The van der Waals surface area contributed by atoms with Crippen LogP contribution in [0.25, 0.3) is 0 Å². The maximum Gasteiger partial charge on any atom is 0.132 e. The van der Waals surface area contributed by atoms with E-state index < -0.39 is 0 Å². The van der Waals surface area contributed by atoms with Crippen molar-refractivity contribution >= 4 is 5.78 Å². The summed E-state index contributed by atoms with van der Waals surface area (Å²) in [6.45, 7) is 11.5. The molecule has 3 nitrogen and oxygen atoms in total. The van der Waals surface area contributed by atoms with Gasteiger partial charge >= 0.3 is 0 Å². The smallest absolute Gasteiger partial charge is 0.132 e. The number of hydrogen-bond acceptors (Lipinski definition) is 2. The number of piperidine rings is 1. The fraction of sp³-hybridized carbons (Fsp3) is 0.923. The molecule has 0 aromatic heterocycles. The van der Waals surface area contributed by atoms with Gasteiger partial charge in [0.2, 0.25) is 0 Å². The van der Waals surface area contributed by atoms with Crippen LogP contribution in [0.1, 0.15) is 54.4 Å². The molecule has 0 aromatic carbocycles. The van der Waals surface area contributed by atoms with Crippen molar-refractivity contribution in [2.45, 2.75) is 65.5 Å². The summed E-state index contributed by atoms with van der Waals surface area (Å²) in [5, 5.41) is 13.4. The van der Waals surface area contributed by atoms with Gasteiger partial charge in [-0.1, -0.05) is 6.92 Å². The number of carbonyl (C=O) groups is 1. The Morgan fingerprint density at radius 3 is 1.88 bits per heavy atom. The van der Waals surface area contributed by atoms with Gasteiger partial charge in [-0.05, 0) is 53.4 Å². The summed E-state index contributed by atoms with van der Waals surface area (Å²) in [6, 6.07) is 0. The Hall–Kier alpha value is -0.410. The van der Waals surface area contributed by atoms with Gasteiger partial charge in [0.05, 0.1) is 0 Å². The molecule has 0 aliphatic carbocycles. The lowest BCUT2D eigenvalue weighted by Gasteiger charge is -2.51. The summed E-state index contributed by atoms with van der Waals surface area (Å²) >= 11 is 0. The number of hydroxylamine groups is 2. The molecule has 0 aromatic rings. The SMILES string of the molecule is CC(=O)C(C)C1CC(C)(C)N([O])C(C)(C)C1. The zero-order chi connectivity index (χ0) is 12.7. The van der Waals surface area contributed by atoms with Gasteiger partial charge in [-0.25, -0.2) is 0 Å². The van der Waals surface area contributed by atoms with Crippen molar-refractivity contribution in [1.82, 2.24) is 5.06 Å². The number of hydrogen-bond donors (Lipinski definition) is 0. The van der Waals surface area contributed by atoms with Gasteiger partial charge in [0.1, 0.15) is 5.78 Å². The monoisotopic (exact) mass is 226 g/mol. The largest absolute Gasteiger partial charge is 0.300 e. The van der Waals surface area contributed by atoms with Gasteiger partial charge in [0.15, 0.2) is 0 Å². The standard InChI is InChI=1S/C13H24NO2/c1-9(10(2)15)11-7-12(3,4)14(16)13(5,6)8-11/h9,11H,7-8H2,1-6H3. The average molecular weight is 226 g/mol. The van der Waals surface area contributed by atoms with Crippen LogP contribution in [0.4, 0.5) is 0 Å². The fourth-order valence-corrected chi connectivity index (χ4v) is 3.03. The summed E-state index contributed by atoms with van der Waals surface area (Å²) in [5.41, 5.74) is -0.730. The zero-order valence-corrected chi connectivity index (χ0v) is 11.3. The van der Waals surface area contributed by atoms with Gasteiger partial charge < -0.3 is 0 Å². The lowest BCUT2D eigenvalue weighted by Crippen LogP contribution is -2.59. The second-order valence-corrected chi connectivity index (χ2v) is 6.49. The minimum Gasteiger partial charge on any atom is -0.300 e. The number of rotatable bonds is 2. The number of ketones is 1. The third kappa shape index (κ3) is 2.46. The summed E-state index contributed by atoms with van der Waals surface area (Å²) in [7, 11) is 0. The fourth-order valence-electron chi connectivity index (χ4n) is 3.03. The molecule has 1 atom stereocenters. The first-order valence-corrected chi connectivity index (χ1v) is 6.06. The highest BCUT2D eigenvalue weighted by Gasteiger charge is 2.47. The molecule has 0 amide bonds. The molecule has 1 rings (SSSR count). The van der Waals surface area contributed by atoms with Crippen molar-refractivity contribution in [1.29, 1.82) is 0 Å². The van der Waals surface area contributed by atoms with Crippen LogP contribution in [-0.2, 0) is 10.0 Å². The molecule has 0 saturated carbocycles. The first-order chi connectivity index (χ1) is 7.08. The van der Waals surface area contributed by atoms with Crippen LogP contribution in [0.15, 0.2) is 0 Å². The Morgan fingerprint density at radius 1 is 1.19 bits per heavy atom. The maximum atomic E-state index is 12.1. The summed E-state index contributed by atoms with van der Waals surface area (Å²) in [4.78, 5) is 11.5. The summed E-state index contributed by atoms with van der Waals surface area (Å²) in [5.74, 6) is 0.621. The average Bonchev–Trinajstić information content (AvgIpc) is 2.11. The van der Waals surface area contributed by atoms with Gasteiger partial charge in [-0.2, -0.15) is 0 Å². The highest BCUT2D eigenvalue weighted by molar-refractivity contribution is 5.78. The van der Waals surface area contributed by atoms with Crippen molar-refractivity contribution in [3.8, 4) is 0 Å². The third-order valence-corrected chi connectivity index (χ3v) is 3.97. The molecular formula is C13H24NO2. The van der Waals surface area contributed by atoms with Crippen LogP contribution < -0.4 is 0 Å². The molecule has 93 valence electrons. The highest BCUT2D eigenvalue weighted by atomic mass is 16.5. The molecule has 1 saturated heterocycles. The topological polar surface area (TPSA) is 40.2 Å². The highest BCUT2D eigenvalue weighted by Crippen LogP contribution is 2.43. The quantitative estimate of drug-likeness (QED) is 0.726. The van der Waals surface area contributed by atoms with E-state index in [1.54, 1.807) is 6.92 Å². The number of Topliss-reactive ketones (excluding diaryl/α,β-unsaturated/α-hetero) is 1. The van der Waals surface area contributed by atoms with E-state index in [9.17, 15) is 10.0 Å². The minimum atomic E-state index is -0.365. The first kappa shape index (κ1) is 13.7. The molecule has 0 bridgehead atoms. The Morgan fingerprint density at radius 2 is 1.56 bits per heavy atom. The Balaban J connectivity index is 2.91. The molecule has 0 N–H and O–H groups in total. The Kier molecular flexibility index (Phi) is 3.51. The van der Waals surface area contributed by atoms with Gasteiger partial charge in [0, 0.05) is 17.0 Å². The molecule has 0 spiro atoms. The van der Waals surface area contributed by atoms with Crippen LogP contribution in [-0.4, -0.2) is 21.9 Å². The van der Waals surface area contributed by atoms with E-state index >= 15 is 0 Å². The molecule has 1 aliphatic heterocycles. The van der Waals surface area contributed by atoms with Gasteiger partial charge in [-0.3, -0.25) is 4.79 Å². The van der Waals surface area contributed by atoms with E-state index in [0.29, 0.717) is 5.92 Å². The van der Waals surface area contributed by atoms with Crippen molar-refractivity contribution in [3.63, 3.8) is 0 Å². The predicted octanol–water partition coefficient (Wildman–Crippen LogP) is 2.83. The second-order valence-electron chi connectivity index (χ2n) is 6.49. The normalized spacial score (nSPS) is 27.7. The minimum absolute atomic E-state index is 0.0623. The van der Waals surface area contributed by atoms with Crippen molar-refractivity contribution in [2.75, 3.05) is 0 Å². The van der Waals surface area contributed by atoms with E-state index in [1.165, 1.54) is 5.06 Å². The van der Waals surface area contributed by atoms with Gasteiger partial charge in [-0.15, -0.1) is 10.3 Å². The Labute approximate surface area is 98.8 Å². The summed E-state index contributed by atoms with van der Waals surface area (Å²) in [6.07, 6.45) is 1.61. The van der Waals surface area contributed by atoms with Crippen LogP contribution in [0.5, 0.6) is 0 Å². The Bertz CT molecular complexity index is 266. The van der Waals surface area contributed by atoms with Crippen molar-refractivity contribution in [2.24, 2.45) is 11.8 Å². The molecule has 1 radical (unpaired) electrons. The van der Waals surface area contributed by atoms with E-state index in [1.807, 2.05) is 34.6 Å². The van der Waals surface area contributed by atoms with Crippen molar-refractivity contribution < 1.29 is 10.0 Å². The van der Waals surface area contributed by atoms with E-state index in [-0.39, 0.29) is 22.8 Å². The molecule has 1 heterocycles. The molecule has 1 fully saturated rings. The maximum absolute atomic E-state index is 12.1. The predicted molar refractivity (Wildman–Crippen MR) is 63.3 cm³/mol. The third-order valence-electron chi connectivity index (χ3n) is 3.97. The van der Waals surface area contributed by atoms with Crippen LogP contribution >= 0.6 is 0 Å². The van der Waals surface area contributed by atoms with Crippen LogP contribution in [0, 0.1) is 11.8 Å². The molecule has 16 heavy (non-hydrogen) atoms. The molecule has 1 aliphatic rings. The number of nitrogens with zero attached hydrogens (tertiary/aromatic N) is 1. The molecule has 3 heteroatoms. The van der Waals surface area contributed by atoms with Crippen LogP contribution in [0.2, 0.25) is 0 Å². The second kappa shape index (κ2) is 4.11. The summed E-state index contributed by atoms with van der Waals surface area (Å²) < 4.78 is 0. The molecule has 1 unspecified atom stereocenters. The van der Waals surface area contributed by atoms with E-state index in [4.69, 9.17) is 0 Å². The van der Waals surface area contributed by atoms with Gasteiger partial charge in [0.25, 0.3) is 0 Å². The lowest BCUT2D eigenvalue weighted by molar-refractivity contribution is -0.295. The first-order valence-electron chi connectivity index (χ1n) is 6.06. The van der Waals surface area contributed by atoms with E-state index in [0.717, 1.165) is 12.8 Å². The van der Waals surface area contributed by atoms with Crippen molar-refractivity contribution in [3.05, 3.63) is 0 Å². The zero-order valence-electron chi connectivity index (χ0n) is 11.3. The van der Waals surface area contributed by atoms with E-state index in [2.05, 4.69) is 0 Å². The lowest BCUT2D eigenvalue weighted by atomic mass is 9.70. The van der Waals surface area contributed by atoms with Crippen LogP contribution in [0.3, 0.4) is 0 Å². The number of carbonyl (C=O) groups excluding carboxylic acids is 1. The molecular weight excluding hydrogens is 202 g/mol.